The Morgan fingerprint density at radius 2 is 0.300 bits per heavy atom. The van der Waals surface area contributed by atoms with Crippen LogP contribution < -0.4 is 51.4 Å². The van der Waals surface area contributed by atoms with Crippen molar-refractivity contribution in [1.29, 1.82) is 0 Å². The van der Waals surface area contributed by atoms with Crippen LogP contribution >= 0.6 is 0 Å². The Morgan fingerprint density at radius 3 is 0.300 bits per heavy atom. The third-order valence-electron chi connectivity index (χ3n) is 0. The maximum absolute atomic E-state index is 8.52. The normalized spacial score (nSPS) is 3.87. The van der Waals surface area contributed by atoms with E-state index in [2.05, 4.69) is 0 Å². The van der Waals surface area contributed by atoms with Crippen molar-refractivity contribution < 1.29 is 185 Å². The van der Waals surface area contributed by atoms with Gasteiger partial charge in [0.15, 0.2) is 0 Å². The van der Waals surface area contributed by atoms with E-state index >= 15 is 0 Å². The molecule has 0 bridgehead atoms. The molecule has 0 aliphatic heterocycles. The molecule has 0 spiro atoms. The Morgan fingerprint density at radius 1 is 0.300 bits per heavy atom. The summed E-state index contributed by atoms with van der Waals surface area (Å²) in [4.78, 5) is 0. The molecule has 0 heterocycles. The Labute approximate surface area is 221 Å². The van der Waals surface area contributed by atoms with Crippen LogP contribution in [-0.4, -0.2) is 151 Å². The van der Waals surface area contributed by atoms with Gasteiger partial charge >= 0.3 is 68.7 Å². The van der Waals surface area contributed by atoms with Crippen molar-refractivity contribution in [2.24, 2.45) is 0 Å². The van der Waals surface area contributed by atoms with Crippen molar-refractivity contribution in [3.05, 3.63) is 0 Å². The standard InChI is InChI=1S/Al.K.2H2O4S.18H2O/c;;2*1-5(2,3)4;;;;;;;;;;;;;;;;;;/h;;2*(H2,1,2,3,4);18*1H2/q+3;+1;;;;;;;;;;;;;;;;;;;;/p-4. The second-order valence-electron chi connectivity index (χ2n) is 0.816. The average molecular weight is 582 g/mol. The van der Waals surface area contributed by atoms with Crippen LogP contribution in [0.2, 0.25) is 0 Å². The van der Waals surface area contributed by atoms with Crippen LogP contribution in [0.3, 0.4) is 0 Å². The van der Waals surface area contributed by atoms with Crippen LogP contribution in [0.5, 0.6) is 0 Å². The first-order valence-electron chi connectivity index (χ1n) is 1.33. The molecule has 0 saturated carbocycles. The fourth-order valence-corrected chi connectivity index (χ4v) is 0. The summed E-state index contributed by atoms with van der Waals surface area (Å²) in [5.74, 6) is 0. The molecule has 0 saturated heterocycles. The SMILES string of the molecule is O.O.O.O.O.O.O.O.O.O.O.O.O.O.O.O.O.O.O=S(=O)([O-])[O-].O=S(=O)([O-])[O-].[Al+3].[K+]. The van der Waals surface area contributed by atoms with Crippen molar-refractivity contribution >= 4 is 38.2 Å². The van der Waals surface area contributed by atoms with Crippen LogP contribution in [0.4, 0.5) is 0 Å². The molecule has 0 unspecified atom stereocenters. The van der Waals surface area contributed by atoms with Crippen molar-refractivity contribution in [2.45, 2.75) is 0 Å². The van der Waals surface area contributed by atoms with Gasteiger partial charge in [-0.1, -0.05) is 0 Å². The summed E-state index contributed by atoms with van der Waals surface area (Å²) >= 11 is 0. The molecule has 36 N–H and O–H groups in total. The Balaban J connectivity index is -0.00000000128. The average Bonchev–Trinajstić information content (AvgIpc) is 1.12. The second-order valence-corrected chi connectivity index (χ2v) is 2.45. The molecule has 0 atom stereocenters. The molecule has 208 valence electrons. The van der Waals surface area contributed by atoms with E-state index in [1.165, 1.54) is 0 Å². The van der Waals surface area contributed by atoms with E-state index in [1.54, 1.807) is 0 Å². The fraction of sp³-hybridized carbons (Fsp3) is 0. The molecule has 0 aliphatic rings. The first-order valence-corrected chi connectivity index (χ1v) is 4.00. The molecular formula is H36AlKO26S2. The number of hydrogen-bond acceptors (Lipinski definition) is 8. The Hall–Kier alpha value is 1.19. The third kappa shape index (κ3) is 16400. The van der Waals surface area contributed by atoms with Crippen LogP contribution in [0.1, 0.15) is 0 Å². The number of hydrogen-bond donors (Lipinski definition) is 0. The second kappa shape index (κ2) is 148. The van der Waals surface area contributed by atoms with Gasteiger partial charge in [0.25, 0.3) is 0 Å². The summed E-state index contributed by atoms with van der Waals surface area (Å²) in [6, 6.07) is 0. The Kier molecular flexibility index (Phi) is 1660. The minimum atomic E-state index is -5.17. The molecule has 0 rings (SSSR count). The van der Waals surface area contributed by atoms with Crippen molar-refractivity contribution in [3.8, 4) is 0 Å². The maximum Gasteiger partial charge on any atom is 3.00 e. The minimum absolute atomic E-state index is 0. The summed E-state index contributed by atoms with van der Waals surface area (Å²) in [5, 5.41) is 0. The van der Waals surface area contributed by atoms with Crippen molar-refractivity contribution in [3.63, 3.8) is 0 Å². The largest absolute Gasteiger partial charge is 3.00 e. The summed E-state index contributed by atoms with van der Waals surface area (Å²) in [5.41, 5.74) is 0. The van der Waals surface area contributed by atoms with Gasteiger partial charge < -0.3 is 117 Å². The van der Waals surface area contributed by atoms with E-state index < -0.39 is 20.8 Å². The quantitative estimate of drug-likeness (QED) is 0.149. The van der Waals surface area contributed by atoms with Gasteiger partial charge in [0.05, 0.1) is 0 Å². The molecule has 30 heteroatoms. The van der Waals surface area contributed by atoms with E-state index in [1.807, 2.05) is 0 Å². The monoisotopic (exact) mass is 582 g/mol. The van der Waals surface area contributed by atoms with Gasteiger partial charge in [-0.2, -0.15) is 0 Å². The first-order chi connectivity index (χ1) is 4.00. The van der Waals surface area contributed by atoms with E-state index in [0.29, 0.717) is 0 Å². The maximum atomic E-state index is 8.52. The predicted octanol–water partition coefficient (Wildman–Crippen LogP) is -20.9. The smallest absolute Gasteiger partial charge is 0.759 e. The van der Waals surface area contributed by atoms with Crippen molar-refractivity contribution in [2.75, 3.05) is 0 Å². The summed E-state index contributed by atoms with van der Waals surface area (Å²) in [6.07, 6.45) is 0. The summed E-state index contributed by atoms with van der Waals surface area (Å²) in [7, 11) is -10.3. The molecule has 0 amide bonds. The zero-order valence-corrected chi connectivity index (χ0v) is 20.6. The molecule has 30 heavy (non-hydrogen) atoms. The van der Waals surface area contributed by atoms with Gasteiger partial charge in [0, 0.05) is 20.8 Å². The van der Waals surface area contributed by atoms with Crippen LogP contribution in [-0.2, 0) is 20.8 Å². The molecule has 0 aromatic rings. The van der Waals surface area contributed by atoms with Gasteiger partial charge in [0.1, 0.15) is 0 Å². The zero-order chi connectivity index (χ0) is 9.00. The molecule has 26 nitrogen and oxygen atoms in total. The minimum Gasteiger partial charge on any atom is -0.759 e. The van der Waals surface area contributed by atoms with Crippen LogP contribution in [0.15, 0.2) is 0 Å². The fourth-order valence-electron chi connectivity index (χ4n) is 0. The van der Waals surface area contributed by atoms with Crippen LogP contribution in [0, 0.1) is 0 Å². The van der Waals surface area contributed by atoms with Gasteiger partial charge in [0.2, 0.25) is 0 Å². The van der Waals surface area contributed by atoms with Gasteiger partial charge in [-0.05, 0) is 0 Å². The van der Waals surface area contributed by atoms with Gasteiger partial charge in [-0.25, -0.2) is 0 Å². The molecular weight excluding hydrogens is 546 g/mol. The summed E-state index contributed by atoms with van der Waals surface area (Å²) < 4.78 is 68.2. The van der Waals surface area contributed by atoms with Crippen LogP contribution in [0.25, 0.3) is 0 Å². The molecule has 0 radical (unpaired) electrons. The number of rotatable bonds is 0. The van der Waals surface area contributed by atoms with Gasteiger partial charge in [-0.15, -0.1) is 0 Å². The molecule has 0 aliphatic carbocycles. The topological polar surface area (TPSA) is 728 Å². The predicted molar refractivity (Wildman–Crippen MR) is 91.8 cm³/mol. The third-order valence-corrected chi connectivity index (χ3v) is 0. The Bertz CT molecular complexity index is 219. The summed E-state index contributed by atoms with van der Waals surface area (Å²) in [6.45, 7) is 0. The molecule has 0 fully saturated rings. The van der Waals surface area contributed by atoms with E-state index in [9.17, 15) is 0 Å². The molecule has 0 aromatic heterocycles. The zero-order valence-electron chi connectivity index (χ0n) is 14.7. The first kappa shape index (κ1) is 337. The van der Waals surface area contributed by atoms with Crippen molar-refractivity contribution in [1.82, 2.24) is 0 Å². The van der Waals surface area contributed by atoms with E-state index in [0.717, 1.165) is 0 Å². The van der Waals surface area contributed by atoms with E-state index in [4.69, 9.17) is 35.0 Å². The van der Waals surface area contributed by atoms with Gasteiger partial charge in [-0.3, -0.25) is 16.8 Å². The van der Waals surface area contributed by atoms with E-state index in [-0.39, 0.29) is 167 Å². The molecule has 0 aromatic carbocycles.